The van der Waals surface area contributed by atoms with Crippen LogP contribution in [0.5, 0.6) is 0 Å². The van der Waals surface area contributed by atoms with E-state index in [2.05, 4.69) is 15.4 Å². The van der Waals surface area contributed by atoms with Crippen molar-refractivity contribution in [3.63, 3.8) is 0 Å². The predicted molar refractivity (Wildman–Crippen MR) is 61.8 cm³/mol. The summed E-state index contributed by atoms with van der Waals surface area (Å²) >= 11 is 0. The highest BCUT2D eigenvalue weighted by molar-refractivity contribution is 5.89. The number of rotatable bonds is 5. The van der Waals surface area contributed by atoms with Gasteiger partial charge in [0.05, 0.1) is 19.6 Å². The van der Waals surface area contributed by atoms with Gasteiger partial charge in [-0.1, -0.05) is 6.92 Å². The minimum absolute atomic E-state index is 0.151. The average Bonchev–Trinajstić information content (AvgIpc) is 2.74. The van der Waals surface area contributed by atoms with Crippen LogP contribution in [0.4, 0.5) is 0 Å². The predicted octanol–water partition coefficient (Wildman–Crippen LogP) is -0.883. The van der Waals surface area contributed by atoms with Crippen LogP contribution in [0.15, 0.2) is 0 Å². The van der Waals surface area contributed by atoms with Gasteiger partial charge in [-0.3, -0.25) is 9.59 Å². The Balaban J connectivity index is 2.57. The van der Waals surface area contributed by atoms with E-state index in [9.17, 15) is 14.4 Å². The van der Waals surface area contributed by atoms with Gasteiger partial charge >= 0.3 is 11.9 Å². The van der Waals surface area contributed by atoms with Crippen LogP contribution < -0.4 is 10.6 Å². The second kappa shape index (κ2) is 6.34. The van der Waals surface area contributed by atoms with Crippen LogP contribution in [0, 0.1) is 5.92 Å². The van der Waals surface area contributed by atoms with Crippen molar-refractivity contribution in [1.82, 2.24) is 10.6 Å². The fraction of sp³-hybridized carbons (Fsp3) is 0.727. The summed E-state index contributed by atoms with van der Waals surface area (Å²) in [5.41, 5.74) is 0. The maximum Gasteiger partial charge on any atom is 0.326 e. The van der Waals surface area contributed by atoms with Crippen molar-refractivity contribution in [3.05, 3.63) is 0 Å². The molecule has 1 amide bonds. The standard InChI is InChI=1S/C11H18N2O5/c1-6-3-4-12-9(6)10(15)13-7(11(16)17)5-8(14)18-2/h6-7,9,12H,3-5H2,1-2H3,(H,13,15)(H,16,17)/t6?,7-,9?/m0/s1. The summed E-state index contributed by atoms with van der Waals surface area (Å²) < 4.78 is 4.39. The largest absolute Gasteiger partial charge is 0.480 e. The molecule has 1 fully saturated rings. The molecule has 3 N–H and O–H groups in total. The van der Waals surface area contributed by atoms with Crippen LogP contribution in [0.25, 0.3) is 0 Å². The number of amides is 1. The molecular weight excluding hydrogens is 240 g/mol. The lowest BCUT2D eigenvalue weighted by Crippen LogP contribution is -2.50. The van der Waals surface area contributed by atoms with Gasteiger partial charge in [0.25, 0.3) is 0 Å². The van der Waals surface area contributed by atoms with Gasteiger partial charge in [-0.15, -0.1) is 0 Å². The van der Waals surface area contributed by atoms with Gasteiger partial charge in [-0.05, 0) is 18.9 Å². The minimum atomic E-state index is -1.25. The number of nitrogens with one attached hydrogen (secondary N) is 2. The molecule has 18 heavy (non-hydrogen) atoms. The molecule has 0 aromatic rings. The Labute approximate surface area is 105 Å². The van der Waals surface area contributed by atoms with E-state index in [-0.39, 0.29) is 12.3 Å². The first-order chi connectivity index (χ1) is 8.45. The monoisotopic (exact) mass is 258 g/mol. The summed E-state index contributed by atoms with van der Waals surface area (Å²) in [7, 11) is 1.17. The molecule has 1 aliphatic rings. The van der Waals surface area contributed by atoms with Crippen LogP contribution in [-0.2, 0) is 19.1 Å². The van der Waals surface area contributed by atoms with Crippen molar-refractivity contribution in [2.24, 2.45) is 5.92 Å². The first-order valence-corrected chi connectivity index (χ1v) is 5.79. The number of hydrogen-bond acceptors (Lipinski definition) is 5. The summed E-state index contributed by atoms with van der Waals surface area (Å²) in [5.74, 6) is -2.16. The molecule has 3 atom stereocenters. The van der Waals surface area contributed by atoms with Crippen LogP contribution >= 0.6 is 0 Å². The van der Waals surface area contributed by atoms with Crippen LogP contribution in [-0.4, -0.2) is 48.7 Å². The minimum Gasteiger partial charge on any atom is -0.480 e. The highest BCUT2D eigenvalue weighted by atomic mass is 16.5. The first-order valence-electron chi connectivity index (χ1n) is 5.79. The van der Waals surface area contributed by atoms with Crippen LogP contribution in [0.1, 0.15) is 19.8 Å². The van der Waals surface area contributed by atoms with Gasteiger partial charge in [0, 0.05) is 0 Å². The number of hydrogen-bond donors (Lipinski definition) is 3. The summed E-state index contributed by atoms with van der Waals surface area (Å²) in [6, 6.07) is -1.65. The molecule has 1 saturated heterocycles. The van der Waals surface area contributed by atoms with Crippen molar-refractivity contribution >= 4 is 17.8 Å². The third-order valence-corrected chi connectivity index (χ3v) is 3.03. The van der Waals surface area contributed by atoms with E-state index in [1.807, 2.05) is 6.92 Å². The number of methoxy groups -OCH3 is 1. The molecule has 1 rings (SSSR count). The fourth-order valence-electron chi connectivity index (χ4n) is 1.90. The lowest BCUT2D eigenvalue weighted by Gasteiger charge is -2.19. The zero-order valence-electron chi connectivity index (χ0n) is 10.4. The second-order valence-electron chi connectivity index (χ2n) is 4.38. The lowest BCUT2D eigenvalue weighted by atomic mass is 10.0. The van der Waals surface area contributed by atoms with Gasteiger partial charge in [0.2, 0.25) is 5.91 Å². The molecule has 0 aromatic heterocycles. The molecule has 0 spiro atoms. The summed E-state index contributed by atoms with van der Waals surface area (Å²) in [4.78, 5) is 33.8. The normalized spacial score (nSPS) is 24.3. The molecule has 1 aliphatic heterocycles. The number of carbonyl (C=O) groups is 3. The SMILES string of the molecule is COC(=O)C[C@H](NC(=O)C1NCCC1C)C(=O)O. The van der Waals surface area contributed by atoms with Gasteiger partial charge in [0.1, 0.15) is 6.04 Å². The topological polar surface area (TPSA) is 105 Å². The second-order valence-corrected chi connectivity index (χ2v) is 4.38. The maximum absolute atomic E-state index is 11.9. The van der Waals surface area contributed by atoms with Crippen LogP contribution in [0.3, 0.4) is 0 Å². The van der Waals surface area contributed by atoms with E-state index in [1.165, 1.54) is 7.11 Å². The summed E-state index contributed by atoms with van der Waals surface area (Å²) in [6.45, 7) is 2.65. The molecule has 0 radical (unpaired) electrons. The van der Waals surface area contributed by atoms with Crippen molar-refractivity contribution in [3.8, 4) is 0 Å². The Hall–Kier alpha value is -1.63. The van der Waals surface area contributed by atoms with Gasteiger partial charge in [-0.25, -0.2) is 4.79 Å². The Kier molecular flexibility index (Phi) is 5.08. The molecule has 2 unspecified atom stereocenters. The zero-order valence-corrected chi connectivity index (χ0v) is 10.4. The Bertz CT molecular complexity index is 344. The van der Waals surface area contributed by atoms with Crippen molar-refractivity contribution in [2.75, 3.05) is 13.7 Å². The number of carbonyl (C=O) groups excluding carboxylic acids is 2. The average molecular weight is 258 g/mol. The highest BCUT2D eigenvalue weighted by Gasteiger charge is 2.32. The fourth-order valence-corrected chi connectivity index (χ4v) is 1.90. The number of aliphatic carboxylic acids is 1. The van der Waals surface area contributed by atoms with E-state index in [0.717, 1.165) is 13.0 Å². The molecule has 0 bridgehead atoms. The van der Waals surface area contributed by atoms with Crippen LogP contribution in [0.2, 0.25) is 0 Å². The first kappa shape index (κ1) is 14.4. The third-order valence-electron chi connectivity index (χ3n) is 3.03. The smallest absolute Gasteiger partial charge is 0.326 e. The van der Waals surface area contributed by atoms with E-state index in [4.69, 9.17) is 5.11 Å². The Morgan fingerprint density at radius 3 is 2.61 bits per heavy atom. The molecule has 7 nitrogen and oxygen atoms in total. The van der Waals surface area contributed by atoms with Gasteiger partial charge in [-0.2, -0.15) is 0 Å². The molecule has 7 heteroatoms. The van der Waals surface area contributed by atoms with E-state index in [0.29, 0.717) is 0 Å². The molecule has 0 aliphatic carbocycles. The molecule has 0 saturated carbocycles. The summed E-state index contributed by atoms with van der Waals surface area (Å²) in [6.07, 6.45) is 0.492. The van der Waals surface area contributed by atoms with Crippen molar-refractivity contribution < 1.29 is 24.2 Å². The zero-order chi connectivity index (χ0) is 13.7. The highest BCUT2D eigenvalue weighted by Crippen LogP contribution is 2.14. The molecule has 0 aromatic carbocycles. The molecule has 1 heterocycles. The van der Waals surface area contributed by atoms with Crippen molar-refractivity contribution in [2.45, 2.75) is 31.8 Å². The quantitative estimate of drug-likeness (QED) is 0.553. The maximum atomic E-state index is 11.9. The number of carboxylic acid groups (broad SMARTS) is 1. The Morgan fingerprint density at radius 1 is 1.50 bits per heavy atom. The Morgan fingerprint density at radius 2 is 2.17 bits per heavy atom. The van der Waals surface area contributed by atoms with Crippen molar-refractivity contribution in [1.29, 1.82) is 0 Å². The number of ether oxygens (including phenoxy) is 1. The summed E-state index contributed by atoms with van der Waals surface area (Å²) in [5, 5.41) is 14.3. The van der Waals surface area contributed by atoms with E-state index < -0.39 is 29.9 Å². The van der Waals surface area contributed by atoms with Gasteiger partial charge < -0.3 is 20.5 Å². The number of esters is 1. The molecule has 102 valence electrons. The third kappa shape index (κ3) is 3.69. The molecular formula is C11H18N2O5. The van der Waals surface area contributed by atoms with Gasteiger partial charge in [0.15, 0.2) is 0 Å². The van der Waals surface area contributed by atoms with E-state index >= 15 is 0 Å². The van der Waals surface area contributed by atoms with E-state index in [1.54, 1.807) is 0 Å². The number of carboxylic acids is 1. The lowest BCUT2D eigenvalue weighted by molar-refractivity contribution is -0.149.